The average molecular weight is 292 g/mol. The van der Waals surface area contributed by atoms with Crippen molar-refractivity contribution in [3.05, 3.63) is 65.2 Å². The third kappa shape index (κ3) is 3.89. The van der Waals surface area contributed by atoms with Gasteiger partial charge < -0.3 is 4.90 Å². The van der Waals surface area contributed by atoms with Crippen LogP contribution >= 0.6 is 0 Å². The summed E-state index contributed by atoms with van der Waals surface area (Å²) in [6.45, 7) is 4.37. The summed E-state index contributed by atoms with van der Waals surface area (Å²) < 4.78 is 0. The zero-order chi connectivity index (χ0) is 16.1. The second-order valence-corrected chi connectivity index (χ2v) is 6.27. The summed E-state index contributed by atoms with van der Waals surface area (Å²) in [6, 6.07) is 19.3. The van der Waals surface area contributed by atoms with Gasteiger partial charge in [0.15, 0.2) is 0 Å². The van der Waals surface area contributed by atoms with Gasteiger partial charge in [0.1, 0.15) is 0 Å². The Bertz CT molecular complexity index is 648. The van der Waals surface area contributed by atoms with Crippen LogP contribution in [0.4, 0.5) is 5.69 Å². The Balaban J connectivity index is 2.19. The van der Waals surface area contributed by atoms with Crippen LogP contribution in [-0.2, 0) is 6.42 Å². The second kappa shape index (κ2) is 7.13. The van der Waals surface area contributed by atoms with Crippen molar-refractivity contribution in [2.45, 2.75) is 32.1 Å². The average Bonchev–Trinajstić information content (AvgIpc) is 2.53. The molecule has 0 aliphatic rings. The van der Waals surface area contributed by atoms with E-state index in [0.29, 0.717) is 5.92 Å². The molecule has 2 heteroatoms. The summed E-state index contributed by atoms with van der Waals surface area (Å²) >= 11 is 0. The van der Waals surface area contributed by atoms with Crippen LogP contribution in [0.3, 0.4) is 0 Å². The first kappa shape index (κ1) is 16.1. The van der Waals surface area contributed by atoms with E-state index in [-0.39, 0.29) is 5.92 Å². The first-order valence-electron chi connectivity index (χ1n) is 7.77. The summed E-state index contributed by atoms with van der Waals surface area (Å²) in [4.78, 5) is 2.09. The number of rotatable bonds is 5. The van der Waals surface area contributed by atoms with Crippen molar-refractivity contribution in [2.75, 3.05) is 19.0 Å². The van der Waals surface area contributed by atoms with E-state index in [9.17, 15) is 5.26 Å². The van der Waals surface area contributed by atoms with E-state index in [4.69, 9.17) is 0 Å². The van der Waals surface area contributed by atoms with Gasteiger partial charge in [0.05, 0.1) is 12.0 Å². The molecule has 0 aliphatic carbocycles. The van der Waals surface area contributed by atoms with Gasteiger partial charge in [-0.15, -0.1) is 0 Å². The molecule has 1 atom stereocenters. The molecule has 0 fully saturated rings. The summed E-state index contributed by atoms with van der Waals surface area (Å²) in [5, 5.41) is 9.54. The van der Waals surface area contributed by atoms with Gasteiger partial charge in [-0.05, 0) is 41.2 Å². The van der Waals surface area contributed by atoms with Crippen molar-refractivity contribution < 1.29 is 0 Å². The van der Waals surface area contributed by atoms with Gasteiger partial charge in [-0.1, -0.05) is 50.2 Å². The molecule has 0 heterocycles. The highest BCUT2D eigenvalue weighted by molar-refractivity contribution is 5.47. The molecule has 114 valence electrons. The fourth-order valence-corrected chi connectivity index (χ4v) is 2.55. The number of nitriles is 1. The van der Waals surface area contributed by atoms with E-state index < -0.39 is 0 Å². The Hall–Kier alpha value is -2.27. The fraction of sp³-hybridized carbons (Fsp3) is 0.350. The van der Waals surface area contributed by atoms with E-state index in [0.717, 1.165) is 12.0 Å². The Morgan fingerprint density at radius 1 is 1.00 bits per heavy atom. The van der Waals surface area contributed by atoms with Crippen molar-refractivity contribution in [1.82, 2.24) is 0 Å². The zero-order valence-electron chi connectivity index (χ0n) is 13.9. The molecule has 0 bridgehead atoms. The van der Waals surface area contributed by atoms with Gasteiger partial charge in [0, 0.05) is 19.8 Å². The zero-order valence-corrected chi connectivity index (χ0v) is 13.9. The number of anilines is 1. The highest BCUT2D eigenvalue weighted by atomic mass is 15.1. The molecule has 0 radical (unpaired) electrons. The van der Waals surface area contributed by atoms with E-state index in [1.165, 1.54) is 16.8 Å². The lowest BCUT2D eigenvalue weighted by molar-refractivity contribution is 0.836. The SMILES string of the molecule is CC(C)c1ccc(C(C#N)Cc2cccc(N(C)C)c2)cc1. The number of hydrogen-bond donors (Lipinski definition) is 0. The lowest BCUT2D eigenvalue weighted by Crippen LogP contribution is -2.09. The maximum absolute atomic E-state index is 9.54. The Morgan fingerprint density at radius 3 is 2.18 bits per heavy atom. The van der Waals surface area contributed by atoms with Crippen LogP contribution in [0.25, 0.3) is 0 Å². The third-order valence-electron chi connectivity index (χ3n) is 4.03. The van der Waals surface area contributed by atoms with Crippen LogP contribution in [0.15, 0.2) is 48.5 Å². The minimum Gasteiger partial charge on any atom is -0.378 e. The lowest BCUT2D eigenvalue weighted by Gasteiger charge is -2.15. The van der Waals surface area contributed by atoms with Crippen LogP contribution in [0.2, 0.25) is 0 Å². The molecular weight excluding hydrogens is 268 g/mol. The van der Waals surface area contributed by atoms with Gasteiger partial charge in [-0.2, -0.15) is 5.26 Å². The quantitative estimate of drug-likeness (QED) is 0.797. The summed E-state index contributed by atoms with van der Waals surface area (Å²) in [5.41, 5.74) is 4.78. The molecule has 1 unspecified atom stereocenters. The first-order chi connectivity index (χ1) is 10.5. The maximum Gasteiger partial charge on any atom is 0.0753 e. The highest BCUT2D eigenvalue weighted by Crippen LogP contribution is 2.24. The fourth-order valence-electron chi connectivity index (χ4n) is 2.55. The van der Waals surface area contributed by atoms with Gasteiger partial charge in [0.2, 0.25) is 0 Å². The van der Waals surface area contributed by atoms with Gasteiger partial charge in [-0.3, -0.25) is 0 Å². The Morgan fingerprint density at radius 2 is 1.64 bits per heavy atom. The molecule has 0 amide bonds. The molecule has 0 aliphatic heterocycles. The van der Waals surface area contributed by atoms with Gasteiger partial charge >= 0.3 is 0 Å². The molecule has 0 aromatic heterocycles. The van der Waals surface area contributed by atoms with E-state index in [2.05, 4.69) is 73.3 Å². The number of nitrogens with zero attached hydrogens (tertiary/aromatic N) is 2. The minimum atomic E-state index is -0.0985. The summed E-state index contributed by atoms with van der Waals surface area (Å²) in [7, 11) is 4.07. The molecule has 22 heavy (non-hydrogen) atoms. The van der Waals surface area contributed by atoms with Crippen molar-refractivity contribution in [1.29, 1.82) is 5.26 Å². The molecule has 2 aromatic carbocycles. The largest absolute Gasteiger partial charge is 0.378 e. The molecular formula is C20H24N2. The van der Waals surface area contributed by atoms with Crippen LogP contribution in [0.1, 0.15) is 42.4 Å². The van der Waals surface area contributed by atoms with Gasteiger partial charge in [0.25, 0.3) is 0 Å². The van der Waals surface area contributed by atoms with Crippen molar-refractivity contribution in [2.24, 2.45) is 0 Å². The van der Waals surface area contributed by atoms with E-state index >= 15 is 0 Å². The van der Waals surface area contributed by atoms with E-state index in [1.54, 1.807) is 0 Å². The minimum absolute atomic E-state index is 0.0985. The second-order valence-electron chi connectivity index (χ2n) is 6.27. The maximum atomic E-state index is 9.54. The molecule has 0 saturated heterocycles. The van der Waals surface area contributed by atoms with Crippen LogP contribution < -0.4 is 4.90 Å². The number of benzene rings is 2. The molecule has 2 rings (SSSR count). The van der Waals surface area contributed by atoms with Crippen LogP contribution in [-0.4, -0.2) is 14.1 Å². The van der Waals surface area contributed by atoms with Gasteiger partial charge in [-0.25, -0.2) is 0 Å². The standard InChI is InChI=1S/C20H24N2/c1-15(2)17-8-10-18(11-9-17)19(14-21)12-16-6-5-7-20(13-16)22(3)4/h5-11,13,15,19H,12H2,1-4H3. The monoisotopic (exact) mass is 292 g/mol. The van der Waals surface area contributed by atoms with Crippen LogP contribution in [0, 0.1) is 11.3 Å². The molecule has 0 saturated carbocycles. The molecule has 0 spiro atoms. The summed E-state index contributed by atoms with van der Waals surface area (Å²) in [5.74, 6) is 0.421. The molecule has 2 nitrogen and oxygen atoms in total. The predicted octanol–water partition coefficient (Wildman–Crippen LogP) is 4.73. The normalized spacial score (nSPS) is 12.0. The lowest BCUT2D eigenvalue weighted by atomic mass is 9.91. The Labute approximate surface area is 134 Å². The topological polar surface area (TPSA) is 27.0 Å². The summed E-state index contributed by atoms with van der Waals surface area (Å²) in [6.07, 6.45) is 0.749. The van der Waals surface area contributed by atoms with E-state index in [1.807, 2.05) is 14.1 Å². The number of hydrogen-bond acceptors (Lipinski definition) is 2. The van der Waals surface area contributed by atoms with Crippen molar-refractivity contribution in [3.8, 4) is 6.07 Å². The molecule has 0 N–H and O–H groups in total. The third-order valence-corrected chi connectivity index (χ3v) is 4.03. The predicted molar refractivity (Wildman–Crippen MR) is 93.4 cm³/mol. The Kier molecular flexibility index (Phi) is 5.22. The van der Waals surface area contributed by atoms with Crippen molar-refractivity contribution >= 4 is 5.69 Å². The smallest absolute Gasteiger partial charge is 0.0753 e. The highest BCUT2D eigenvalue weighted by Gasteiger charge is 2.12. The van der Waals surface area contributed by atoms with Crippen LogP contribution in [0.5, 0.6) is 0 Å². The first-order valence-corrected chi connectivity index (χ1v) is 7.77. The van der Waals surface area contributed by atoms with Crippen molar-refractivity contribution in [3.63, 3.8) is 0 Å². The molecule has 2 aromatic rings.